The molecule has 17 heavy (non-hydrogen) atoms. The van der Waals surface area contributed by atoms with Crippen molar-refractivity contribution >= 4 is 16.0 Å². The summed E-state index contributed by atoms with van der Waals surface area (Å²) in [5.74, 6) is -1.38. The topological polar surface area (TPSA) is 127 Å². The predicted octanol–water partition coefficient (Wildman–Crippen LogP) is -0.358. The van der Waals surface area contributed by atoms with Gasteiger partial charge < -0.3 is 5.11 Å². The van der Waals surface area contributed by atoms with Gasteiger partial charge in [0, 0.05) is 20.0 Å². The van der Waals surface area contributed by atoms with E-state index in [9.17, 15) is 13.2 Å². The molecule has 1 heterocycles. The first-order valence-corrected chi connectivity index (χ1v) is 5.95. The van der Waals surface area contributed by atoms with Crippen molar-refractivity contribution in [1.82, 2.24) is 14.5 Å². The quantitative estimate of drug-likeness (QED) is 0.742. The first-order valence-electron chi connectivity index (χ1n) is 4.51. The van der Waals surface area contributed by atoms with Crippen LogP contribution >= 0.6 is 0 Å². The summed E-state index contributed by atoms with van der Waals surface area (Å²) in [5.41, 5.74) is -0.422. The van der Waals surface area contributed by atoms with E-state index >= 15 is 0 Å². The van der Waals surface area contributed by atoms with Crippen LogP contribution in [0, 0.1) is 11.3 Å². The molecule has 0 bridgehead atoms. The van der Waals surface area contributed by atoms with Crippen LogP contribution in [-0.4, -0.2) is 47.6 Å². The number of hydrogen-bond donors (Lipinski definition) is 2. The van der Waals surface area contributed by atoms with Crippen LogP contribution in [0.1, 0.15) is 16.8 Å². The zero-order valence-electron chi connectivity index (χ0n) is 8.91. The first kappa shape index (κ1) is 13.1. The second-order valence-electron chi connectivity index (χ2n) is 3.15. The second-order valence-corrected chi connectivity index (χ2v) is 5.13. The lowest BCUT2D eigenvalue weighted by atomic mass is 10.4. The Morgan fingerprint density at radius 1 is 1.71 bits per heavy atom. The maximum atomic E-state index is 11.9. The number of hydrogen-bond acceptors (Lipinski definition) is 5. The number of carbonyl (C=O) groups is 1. The van der Waals surface area contributed by atoms with Gasteiger partial charge in [0.05, 0.1) is 12.3 Å². The van der Waals surface area contributed by atoms with Gasteiger partial charge in [-0.25, -0.2) is 13.2 Å². The Morgan fingerprint density at radius 2 is 2.35 bits per heavy atom. The molecule has 1 rings (SSSR count). The van der Waals surface area contributed by atoms with Gasteiger partial charge >= 0.3 is 5.97 Å². The zero-order valence-corrected chi connectivity index (χ0v) is 9.73. The average Bonchev–Trinajstić information content (AvgIpc) is 2.75. The summed E-state index contributed by atoms with van der Waals surface area (Å²) in [6, 6.07) is 1.81. The summed E-state index contributed by atoms with van der Waals surface area (Å²) in [5, 5.41) is 22.2. The van der Waals surface area contributed by atoms with E-state index in [1.165, 1.54) is 7.05 Å². The van der Waals surface area contributed by atoms with E-state index in [0.717, 1.165) is 10.5 Å². The lowest BCUT2D eigenvalue weighted by Crippen LogP contribution is -2.29. The van der Waals surface area contributed by atoms with E-state index in [2.05, 4.69) is 10.2 Å². The third kappa shape index (κ3) is 2.61. The minimum atomic E-state index is -3.96. The molecule has 1 aromatic heterocycles. The number of sulfonamides is 1. The van der Waals surface area contributed by atoms with Gasteiger partial charge in [0.1, 0.15) is 5.56 Å². The minimum absolute atomic E-state index is 0.0170. The smallest absolute Gasteiger partial charge is 0.340 e. The highest BCUT2D eigenvalue weighted by molar-refractivity contribution is 7.89. The largest absolute Gasteiger partial charge is 0.478 e. The molecule has 0 aliphatic rings. The molecule has 0 radical (unpaired) electrons. The SMILES string of the molecule is CN(CCC#N)S(=O)(=O)c1[nH]ncc1C(=O)O. The summed E-state index contributed by atoms with van der Waals surface area (Å²) in [7, 11) is -2.70. The zero-order chi connectivity index (χ0) is 13.1. The van der Waals surface area contributed by atoms with Crippen molar-refractivity contribution in [1.29, 1.82) is 5.26 Å². The number of carboxylic acid groups (broad SMARTS) is 1. The van der Waals surface area contributed by atoms with Gasteiger partial charge in [-0.1, -0.05) is 0 Å². The van der Waals surface area contributed by atoms with Crippen molar-refractivity contribution in [3.05, 3.63) is 11.8 Å². The highest BCUT2D eigenvalue weighted by atomic mass is 32.2. The fourth-order valence-electron chi connectivity index (χ4n) is 1.11. The van der Waals surface area contributed by atoms with Crippen molar-refractivity contribution in [2.45, 2.75) is 11.4 Å². The summed E-state index contributed by atoms with van der Waals surface area (Å²) < 4.78 is 24.7. The van der Waals surface area contributed by atoms with Crippen LogP contribution < -0.4 is 0 Å². The van der Waals surface area contributed by atoms with Crippen molar-refractivity contribution in [3.63, 3.8) is 0 Å². The standard InChI is InChI=1S/C8H10N4O4S/c1-12(4-2-3-9)17(15,16)7-6(8(13)14)5-10-11-7/h5H,2,4H2,1H3,(H,10,11)(H,13,14). The molecule has 0 unspecified atom stereocenters. The summed E-state index contributed by atoms with van der Waals surface area (Å²) >= 11 is 0. The number of nitrogens with zero attached hydrogens (tertiary/aromatic N) is 3. The number of aromatic nitrogens is 2. The van der Waals surface area contributed by atoms with Gasteiger partial charge in [-0.15, -0.1) is 0 Å². The Hall–Kier alpha value is -1.92. The number of aromatic amines is 1. The molecule has 0 saturated carbocycles. The van der Waals surface area contributed by atoms with Crippen molar-refractivity contribution < 1.29 is 18.3 Å². The van der Waals surface area contributed by atoms with Gasteiger partial charge in [0.2, 0.25) is 0 Å². The third-order valence-electron chi connectivity index (χ3n) is 2.04. The van der Waals surface area contributed by atoms with Gasteiger partial charge in [-0.2, -0.15) is 14.7 Å². The van der Waals surface area contributed by atoms with E-state index in [1.807, 2.05) is 0 Å². The maximum absolute atomic E-state index is 11.9. The van der Waals surface area contributed by atoms with Gasteiger partial charge in [0.25, 0.3) is 10.0 Å². The molecule has 92 valence electrons. The monoisotopic (exact) mass is 258 g/mol. The van der Waals surface area contributed by atoms with E-state index < -0.39 is 26.6 Å². The Morgan fingerprint density at radius 3 is 2.88 bits per heavy atom. The molecule has 0 atom stereocenters. The number of carboxylic acids is 1. The fourth-order valence-corrected chi connectivity index (χ4v) is 2.34. The molecule has 2 N–H and O–H groups in total. The minimum Gasteiger partial charge on any atom is -0.478 e. The van der Waals surface area contributed by atoms with Crippen LogP contribution in [0.2, 0.25) is 0 Å². The summed E-state index contributed by atoms with van der Waals surface area (Å²) in [6.45, 7) is -0.0170. The van der Waals surface area contributed by atoms with E-state index in [0.29, 0.717) is 0 Å². The normalized spacial score (nSPS) is 11.4. The highest BCUT2D eigenvalue weighted by Gasteiger charge is 2.28. The molecular formula is C8H10N4O4S. The molecule has 0 fully saturated rings. The van der Waals surface area contributed by atoms with Gasteiger partial charge in [-0.05, 0) is 0 Å². The van der Waals surface area contributed by atoms with Crippen molar-refractivity contribution in [2.24, 2.45) is 0 Å². The molecule has 0 saturated heterocycles. The molecule has 0 aliphatic carbocycles. The number of nitrogens with one attached hydrogen (secondary N) is 1. The number of aromatic carboxylic acids is 1. The molecule has 8 nitrogen and oxygen atoms in total. The molecule has 0 amide bonds. The van der Waals surface area contributed by atoms with E-state index in [-0.39, 0.29) is 13.0 Å². The Kier molecular flexibility index (Phi) is 3.82. The Balaban J connectivity index is 3.10. The van der Waals surface area contributed by atoms with E-state index in [4.69, 9.17) is 10.4 Å². The van der Waals surface area contributed by atoms with E-state index in [1.54, 1.807) is 6.07 Å². The fraction of sp³-hybridized carbons (Fsp3) is 0.375. The first-order chi connectivity index (χ1) is 7.91. The van der Waals surface area contributed by atoms with Crippen molar-refractivity contribution in [2.75, 3.05) is 13.6 Å². The maximum Gasteiger partial charge on any atom is 0.340 e. The molecular weight excluding hydrogens is 248 g/mol. The Bertz CT molecular complexity index is 556. The molecule has 0 aromatic carbocycles. The number of nitriles is 1. The molecule has 1 aromatic rings. The third-order valence-corrected chi connectivity index (χ3v) is 3.87. The number of rotatable bonds is 5. The Labute approximate surface area is 97.5 Å². The summed E-state index contributed by atoms with van der Waals surface area (Å²) in [6.07, 6.45) is 0.944. The van der Waals surface area contributed by atoms with Gasteiger partial charge in [0.15, 0.2) is 5.03 Å². The van der Waals surface area contributed by atoms with Crippen LogP contribution in [0.4, 0.5) is 0 Å². The van der Waals surface area contributed by atoms with Crippen molar-refractivity contribution in [3.8, 4) is 6.07 Å². The highest BCUT2D eigenvalue weighted by Crippen LogP contribution is 2.16. The summed E-state index contributed by atoms with van der Waals surface area (Å²) in [4.78, 5) is 10.8. The lowest BCUT2D eigenvalue weighted by molar-refractivity contribution is 0.0692. The second kappa shape index (κ2) is 4.94. The number of H-pyrrole nitrogens is 1. The molecule has 9 heteroatoms. The molecule has 0 spiro atoms. The average molecular weight is 258 g/mol. The van der Waals surface area contributed by atoms with Crippen LogP contribution in [0.5, 0.6) is 0 Å². The van der Waals surface area contributed by atoms with Crippen LogP contribution in [0.25, 0.3) is 0 Å². The predicted molar refractivity (Wildman–Crippen MR) is 55.6 cm³/mol. The van der Waals surface area contributed by atoms with Crippen LogP contribution in [-0.2, 0) is 10.0 Å². The van der Waals surface area contributed by atoms with Gasteiger partial charge in [-0.3, -0.25) is 5.10 Å². The lowest BCUT2D eigenvalue weighted by Gasteiger charge is -2.14. The van der Waals surface area contributed by atoms with Crippen LogP contribution in [0.3, 0.4) is 0 Å². The van der Waals surface area contributed by atoms with Crippen LogP contribution in [0.15, 0.2) is 11.2 Å². The molecule has 0 aliphatic heterocycles.